The summed E-state index contributed by atoms with van der Waals surface area (Å²) >= 11 is 0. The molecule has 2 aromatic rings. The van der Waals surface area contributed by atoms with Gasteiger partial charge in [0.1, 0.15) is 17.2 Å². The minimum atomic E-state index is 0.0342. The molecule has 0 bridgehead atoms. The number of hydrogen-bond acceptors (Lipinski definition) is 4. The lowest BCUT2D eigenvalue weighted by Gasteiger charge is -2.05. The van der Waals surface area contributed by atoms with E-state index in [1.165, 1.54) is 0 Å². The molecule has 0 unspecified atom stereocenters. The Morgan fingerprint density at radius 1 is 1.35 bits per heavy atom. The molecule has 88 valence electrons. The van der Waals surface area contributed by atoms with Gasteiger partial charge in [0.05, 0.1) is 0 Å². The average molecular weight is 231 g/mol. The zero-order valence-corrected chi connectivity index (χ0v) is 9.68. The van der Waals surface area contributed by atoms with Crippen molar-refractivity contribution in [2.24, 2.45) is 0 Å². The highest BCUT2D eigenvalue weighted by Gasteiger charge is 2.19. The van der Waals surface area contributed by atoms with E-state index < -0.39 is 0 Å². The second-order valence-electron chi connectivity index (χ2n) is 4.05. The number of carbonyl (C=O) groups is 1. The Bertz CT molecular complexity index is 543. The minimum Gasteiger partial charge on any atom is -0.507 e. The van der Waals surface area contributed by atoms with E-state index in [1.807, 2.05) is 13.8 Å². The number of phenolic OH excluding ortho intramolecular Hbond substituents is 1. The van der Waals surface area contributed by atoms with Crippen LogP contribution < -0.4 is 0 Å². The van der Waals surface area contributed by atoms with Crippen LogP contribution in [0.15, 0.2) is 28.7 Å². The van der Waals surface area contributed by atoms with E-state index in [0.717, 1.165) is 0 Å². The van der Waals surface area contributed by atoms with Crippen molar-refractivity contribution in [2.75, 3.05) is 0 Å². The summed E-state index contributed by atoms with van der Waals surface area (Å²) in [5.74, 6) is 0.853. The van der Waals surface area contributed by atoms with E-state index in [9.17, 15) is 9.90 Å². The molecule has 4 nitrogen and oxygen atoms in total. The average Bonchev–Trinajstić information content (AvgIpc) is 2.73. The fourth-order valence-electron chi connectivity index (χ4n) is 1.66. The highest BCUT2D eigenvalue weighted by atomic mass is 16.4. The Kier molecular flexibility index (Phi) is 2.95. The number of benzene rings is 1. The van der Waals surface area contributed by atoms with Crippen molar-refractivity contribution in [2.45, 2.75) is 19.8 Å². The Balaban J connectivity index is 2.62. The van der Waals surface area contributed by atoms with Crippen LogP contribution in [-0.2, 0) is 0 Å². The molecule has 0 atom stereocenters. The van der Waals surface area contributed by atoms with E-state index in [0.29, 0.717) is 23.3 Å². The number of nitrogens with zero attached hydrogens (tertiary/aromatic N) is 1. The molecule has 0 saturated carbocycles. The molecule has 1 aromatic carbocycles. The molecular weight excluding hydrogens is 218 g/mol. The highest BCUT2D eigenvalue weighted by molar-refractivity contribution is 5.74. The number of aldehydes is 1. The van der Waals surface area contributed by atoms with E-state index in [-0.39, 0.29) is 17.6 Å². The number of aromatic hydroxyl groups is 1. The molecular formula is C13H13NO3. The number of carbonyl (C=O) groups excluding carboxylic acids is 1. The molecule has 0 spiro atoms. The lowest BCUT2D eigenvalue weighted by atomic mass is 10.0. The van der Waals surface area contributed by atoms with Gasteiger partial charge in [-0.15, -0.1) is 0 Å². The van der Waals surface area contributed by atoms with Gasteiger partial charge in [-0.1, -0.05) is 26.0 Å². The van der Waals surface area contributed by atoms with Crippen LogP contribution in [0.5, 0.6) is 5.75 Å². The molecule has 1 aromatic heterocycles. The fraction of sp³-hybridized carbons (Fsp3) is 0.231. The first-order chi connectivity index (χ1) is 8.13. The van der Waals surface area contributed by atoms with Crippen LogP contribution in [0.25, 0.3) is 11.3 Å². The Hall–Kier alpha value is -2.10. The van der Waals surface area contributed by atoms with Gasteiger partial charge in [-0.2, -0.15) is 0 Å². The van der Waals surface area contributed by atoms with Gasteiger partial charge in [-0.05, 0) is 12.1 Å². The van der Waals surface area contributed by atoms with E-state index in [4.69, 9.17) is 4.42 Å². The van der Waals surface area contributed by atoms with Crippen molar-refractivity contribution in [3.05, 3.63) is 35.9 Å². The lowest BCUT2D eigenvalue weighted by Crippen LogP contribution is -1.89. The molecule has 0 aliphatic rings. The highest BCUT2D eigenvalue weighted by Crippen LogP contribution is 2.34. The topological polar surface area (TPSA) is 63.3 Å². The molecule has 4 heteroatoms. The van der Waals surface area contributed by atoms with Crippen molar-refractivity contribution in [3.8, 4) is 17.0 Å². The zero-order chi connectivity index (χ0) is 12.4. The quantitative estimate of drug-likeness (QED) is 0.825. The summed E-state index contributed by atoms with van der Waals surface area (Å²) in [4.78, 5) is 14.8. The summed E-state index contributed by atoms with van der Waals surface area (Å²) in [5, 5.41) is 9.78. The maximum atomic E-state index is 10.7. The largest absolute Gasteiger partial charge is 0.507 e. The third kappa shape index (κ3) is 2.06. The van der Waals surface area contributed by atoms with Gasteiger partial charge >= 0.3 is 0 Å². The Morgan fingerprint density at radius 3 is 2.65 bits per heavy atom. The van der Waals surface area contributed by atoms with Gasteiger partial charge < -0.3 is 9.52 Å². The summed E-state index contributed by atoms with van der Waals surface area (Å²) in [6.07, 6.45) is 0.565. The normalized spacial score (nSPS) is 10.8. The summed E-state index contributed by atoms with van der Waals surface area (Å²) in [5.41, 5.74) is 1.10. The van der Waals surface area contributed by atoms with Crippen LogP contribution in [0.2, 0.25) is 0 Å². The molecule has 1 N–H and O–H groups in total. The van der Waals surface area contributed by atoms with Gasteiger partial charge in [0.25, 0.3) is 5.89 Å². The summed E-state index contributed by atoms with van der Waals surface area (Å²) in [6.45, 7) is 3.89. The summed E-state index contributed by atoms with van der Waals surface area (Å²) < 4.78 is 5.34. The first-order valence-corrected chi connectivity index (χ1v) is 5.37. The van der Waals surface area contributed by atoms with Crippen molar-refractivity contribution in [1.29, 1.82) is 0 Å². The number of phenols is 1. The smallest absolute Gasteiger partial charge is 0.260 e. The zero-order valence-electron chi connectivity index (χ0n) is 9.68. The van der Waals surface area contributed by atoms with Crippen molar-refractivity contribution >= 4 is 6.29 Å². The number of hydrogen-bond donors (Lipinski definition) is 1. The molecule has 1 heterocycles. The number of para-hydroxylation sites is 1. The fourth-order valence-corrected chi connectivity index (χ4v) is 1.66. The summed E-state index contributed by atoms with van der Waals surface area (Å²) in [6, 6.07) is 6.85. The molecule has 0 radical (unpaired) electrons. The predicted molar refractivity (Wildman–Crippen MR) is 63.1 cm³/mol. The van der Waals surface area contributed by atoms with Gasteiger partial charge in [-0.3, -0.25) is 4.79 Å². The van der Waals surface area contributed by atoms with Gasteiger partial charge in [0.2, 0.25) is 6.29 Å². The van der Waals surface area contributed by atoms with Gasteiger partial charge in [0, 0.05) is 11.5 Å². The summed E-state index contributed by atoms with van der Waals surface area (Å²) in [7, 11) is 0. The standard InChI is InChI=1S/C13H13NO3/c1-8(2)13-12(14-11(7-15)17-13)9-5-3-4-6-10(9)16/h3-8,16H,1-2H3. The number of rotatable bonds is 3. The van der Waals surface area contributed by atoms with E-state index in [2.05, 4.69) is 4.98 Å². The Morgan fingerprint density at radius 2 is 2.06 bits per heavy atom. The van der Waals surface area contributed by atoms with Gasteiger partial charge in [-0.25, -0.2) is 4.98 Å². The van der Waals surface area contributed by atoms with Crippen LogP contribution in [-0.4, -0.2) is 16.4 Å². The molecule has 0 fully saturated rings. The minimum absolute atomic E-state index is 0.0342. The van der Waals surface area contributed by atoms with E-state index in [1.54, 1.807) is 24.3 Å². The van der Waals surface area contributed by atoms with Gasteiger partial charge in [0.15, 0.2) is 0 Å². The number of oxazole rings is 1. The first kappa shape index (κ1) is 11.4. The lowest BCUT2D eigenvalue weighted by molar-refractivity contribution is 0.109. The first-order valence-electron chi connectivity index (χ1n) is 5.37. The maximum absolute atomic E-state index is 10.7. The van der Waals surface area contributed by atoms with Crippen LogP contribution >= 0.6 is 0 Å². The molecule has 17 heavy (non-hydrogen) atoms. The molecule has 0 amide bonds. The second kappa shape index (κ2) is 4.41. The third-order valence-corrected chi connectivity index (χ3v) is 2.45. The molecule has 0 saturated heterocycles. The van der Waals surface area contributed by atoms with Crippen LogP contribution in [0, 0.1) is 0 Å². The van der Waals surface area contributed by atoms with Crippen LogP contribution in [0.1, 0.15) is 36.2 Å². The van der Waals surface area contributed by atoms with Crippen molar-refractivity contribution < 1.29 is 14.3 Å². The Labute approximate surface area is 98.9 Å². The predicted octanol–water partition coefficient (Wildman–Crippen LogP) is 2.98. The third-order valence-electron chi connectivity index (χ3n) is 2.45. The van der Waals surface area contributed by atoms with Crippen LogP contribution in [0.3, 0.4) is 0 Å². The van der Waals surface area contributed by atoms with E-state index >= 15 is 0 Å². The molecule has 2 rings (SSSR count). The van der Waals surface area contributed by atoms with Crippen LogP contribution in [0.4, 0.5) is 0 Å². The second-order valence-corrected chi connectivity index (χ2v) is 4.05. The molecule has 0 aliphatic carbocycles. The van der Waals surface area contributed by atoms with Crippen molar-refractivity contribution in [1.82, 2.24) is 4.98 Å². The number of aromatic nitrogens is 1. The molecule has 0 aliphatic heterocycles. The SMILES string of the molecule is CC(C)c1oc(C=O)nc1-c1ccccc1O. The monoisotopic (exact) mass is 231 g/mol. The van der Waals surface area contributed by atoms with Crippen molar-refractivity contribution in [3.63, 3.8) is 0 Å². The maximum Gasteiger partial charge on any atom is 0.260 e.